The lowest BCUT2D eigenvalue weighted by Crippen LogP contribution is -2.24. The molecule has 1 saturated heterocycles. The minimum absolute atomic E-state index is 0.330. The maximum absolute atomic E-state index is 5.44. The van der Waals surface area contributed by atoms with E-state index in [1.54, 1.807) is 0 Å². The Hall–Kier alpha value is -1.63. The fourth-order valence-electron chi connectivity index (χ4n) is 2.42. The van der Waals surface area contributed by atoms with Gasteiger partial charge in [0.25, 0.3) is 0 Å². The number of nitrogens with two attached hydrogens (primary N) is 1. The third-order valence-corrected chi connectivity index (χ3v) is 3.96. The van der Waals surface area contributed by atoms with E-state index in [1.807, 2.05) is 0 Å². The number of hydrogen-bond acceptors (Lipinski definition) is 7. The molecule has 7 nitrogen and oxygen atoms in total. The predicted octanol–water partition coefficient (Wildman–Crippen LogP) is 0.968. The van der Waals surface area contributed by atoms with Gasteiger partial charge >= 0.3 is 0 Å². The van der Waals surface area contributed by atoms with Crippen molar-refractivity contribution in [3.8, 4) is 0 Å². The van der Waals surface area contributed by atoms with Gasteiger partial charge in [-0.15, -0.1) is 0 Å². The van der Waals surface area contributed by atoms with E-state index in [0.717, 1.165) is 19.5 Å². The summed E-state index contributed by atoms with van der Waals surface area (Å²) in [7, 11) is 0. The molecule has 3 rings (SSSR count). The van der Waals surface area contributed by atoms with Crippen LogP contribution >= 0.6 is 0 Å². The molecule has 0 aromatic carbocycles. The molecule has 0 bridgehead atoms. The number of anilines is 3. The highest BCUT2D eigenvalue weighted by atomic mass is 15.4. The second kappa shape index (κ2) is 4.48. The van der Waals surface area contributed by atoms with Crippen molar-refractivity contribution in [2.24, 2.45) is 11.3 Å². The van der Waals surface area contributed by atoms with Crippen LogP contribution in [0, 0.1) is 5.41 Å². The topological polar surface area (TPSA) is 92.0 Å². The highest BCUT2D eigenvalue weighted by Crippen LogP contribution is 2.46. The first-order valence-electron chi connectivity index (χ1n) is 6.83. The Labute approximate surface area is 113 Å². The molecule has 1 atom stereocenters. The quantitative estimate of drug-likeness (QED) is 0.550. The van der Waals surface area contributed by atoms with Crippen molar-refractivity contribution in [3.05, 3.63) is 0 Å². The Morgan fingerprint density at radius 1 is 1.16 bits per heavy atom. The fourth-order valence-corrected chi connectivity index (χ4v) is 2.42. The zero-order valence-electron chi connectivity index (χ0n) is 11.5. The standard InChI is InChI=1S/C12H21N7/c1-12(2)7-8(12)14-9-15-10(18-13)17-11(16-9)19-5-3-4-6-19/h8H,3-7,13H2,1-2H3,(H2,14,15,16,17,18). The van der Waals surface area contributed by atoms with Crippen molar-refractivity contribution < 1.29 is 0 Å². The Morgan fingerprint density at radius 2 is 1.79 bits per heavy atom. The van der Waals surface area contributed by atoms with Gasteiger partial charge in [-0.25, -0.2) is 5.84 Å². The van der Waals surface area contributed by atoms with E-state index in [4.69, 9.17) is 5.84 Å². The van der Waals surface area contributed by atoms with Gasteiger partial charge in [0.1, 0.15) is 0 Å². The molecule has 7 heteroatoms. The number of rotatable bonds is 4. The van der Waals surface area contributed by atoms with Gasteiger partial charge in [0.05, 0.1) is 0 Å². The molecule has 0 radical (unpaired) electrons. The molecule has 1 saturated carbocycles. The summed E-state index contributed by atoms with van der Waals surface area (Å²) in [4.78, 5) is 15.3. The molecular formula is C12H21N7. The third kappa shape index (κ3) is 2.56. The van der Waals surface area contributed by atoms with Crippen molar-refractivity contribution >= 4 is 17.8 Å². The maximum atomic E-state index is 5.44. The van der Waals surface area contributed by atoms with Crippen LogP contribution in [0.2, 0.25) is 0 Å². The summed E-state index contributed by atoms with van der Waals surface area (Å²) in [5.41, 5.74) is 2.85. The van der Waals surface area contributed by atoms with Gasteiger partial charge in [-0.2, -0.15) is 15.0 Å². The van der Waals surface area contributed by atoms with Crippen molar-refractivity contribution in [2.45, 2.75) is 39.2 Å². The first-order chi connectivity index (χ1) is 9.08. The molecule has 4 N–H and O–H groups in total. The number of aromatic nitrogens is 3. The molecule has 1 aliphatic carbocycles. The molecule has 0 spiro atoms. The second-order valence-electron chi connectivity index (χ2n) is 6.01. The number of hydrazine groups is 1. The van der Waals surface area contributed by atoms with E-state index in [1.165, 1.54) is 12.8 Å². The van der Waals surface area contributed by atoms with Crippen LogP contribution in [0.1, 0.15) is 33.1 Å². The third-order valence-electron chi connectivity index (χ3n) is 3.96. The minimum Gasteiger partial charge on any atom is -0.351 e. The summed E-state index contributed by atoms with van der Waals surface area (Å²) in [6.07, 6.45) is 3.52. The summed E-state index contributed by atoms with van der Waals surface area (Å²) in [6, 6.07) is 0.437. The van der Waals surface area contributed by atoms with E-state index in [9.17, 15) is 0 Å². The largest absolute Gasteiger partial charge is 0.351 e. The van der Waals surface area contributed by atoms with E-state index in [-0.39, 0.29) is 0 Å². The van der Waals surface area contributed by atoms with Crippen molar-refractivity contribution in [1.82, 2.24) is 15.0 Å². The monoisotopic (exact) mass is 263 g/mol. The van der Waals surface area contributed by atoms with Crippen LogP contribution in [0.15, 0.2) is 0 Å². The number of nitrogens with zero attached hydrogens (tertiary/aromatic N) is 4. The molecule has 2 heterocycles. The van der Waals surface area contributed by atoms with Crippen molar-refractivity contribution in [2.75, 3.05) is 28.7 Å². The van der Waals surface area contributed by atoms with Crippen molar-refractivity contribution in [3.63, 3.8) is 0 Å². The van der Waals surface area contributed by atoms with Gasteiger partial charge in [0.2, 0.25) is 17.8 Å². The summed E-state index contributed by atoms with van der Waals surface area (Å²) in [5.74, 6) is 7.17. The SMILES string of the molecule is CC1(C)CC1Nc1nc(NN)nc(N2CCCC2)n1. The number of nitrogen functional groups attached to an aromatic ring is 1. The first-order valence-corrected chi connectivity index (χ1v) is 6.83. The van der Waals surface area contributed by atoms with Gasteiger partial charge in [-0.1, -0.05) is 13.8 Å². The highest BCUT2D eigenvalue weighted by Gasteiger charge is 2.46. The average Bonchev–Trinajstić information content (AvgIpc) is 2.85. The van der Waals surface area contributed by atoms with Crippen LogP contribution < -0.4 is 21.5 Å². The molecule has 1 aromatic rings. The predicted molar refractivity (Wildman–Crippen MR) is 74.9 cm³/mol. The minimum atomic E-state index is 0.330. The van der Waals surface area contributed by atoms with Gasteiger partial charge < -0.3 is 10.2 Å². The lowest BCUT2D eigenvalue weighted by atomic mass is 10.2. The zero-order valence-corrected chi connectivity index (χ0v) is 11.5. The summed E-state index contributed by atoms with van der Waals surface area (Å²) < 4.78 is 0. The lowest BCUT2D eigenvalue weighted by molar-refractivity contribution is 0.628. The molecule has 0 amide bonds. The van der Waals surface area contributed by atoms with Gasteiger partial charge in [0.15, 0.2) is 0 Å². The van der Waals surface area contributed by atoms with Crippen LogP contribution in [0.5, 0.6) is 0 Å². The fraction of sp³-hybridized carbons (Fsp3) is 0.750. The van der Waals surface area contributed by atoms with Crippen LogP contribution in [0.4, 0.5) is 17.8 Å². The Bertz CT molecular complexity index is 467. The van der Waals surface area contributed by atoms with Crippen LogP contribution in [-0.4, -0.2) is 34.1 Å². The Morgan fingerprint density at radius 3 is 2.37 bits per heavy atom. The average molecular weight is 263 g/mol. The molecule has 2 fully saturated rings. The normalized spacial score (nSPS) is 24.4. The zero-order chi connectivity index (χ0) is 13.5. The van der Waals surface area contributed by atoms with Crippen molar-refractivity contribution in [1.29, 1.82) is 0 Å². The second-order valence-corrected chi connectivity index (χ2v) is 6.01. The number of hydrogen-bond donors (Lipinski definition) is 3. The van der Waals surface area contributed by atoms with Crippen LogP contribution in [0.25, 0.3) is 0 Å². The smallest absolute Gasteiger partial charge is 0.243 e. The van der Waals surface area contributed by atoms with Crippen LogP contribution in [0.3, 0.4) is 0 Å². The van der Waals surface area contributed by atoms with Crippen LogP contribution in [-0.2, 0) is 0 Å². The van der Waals surface area contributed by atoms with E-state index in [2.05, 4.69) is 44.4 Å². The van der Waals surface area contributed by atoms with Gasteiger partial charge in [0, 0.05) is 19.1 Å². The van der Waals surface area contributed by atoms with Gasteiger partial charge in [-0.3, -0.25) is 5.43 Å². The molecule has 1 aromatic heterocycles. The summed E-state index contributed by atoms with van der Waals surface area (Å²) >= 11 is 0. The van der Waals surface area contributed by atoms with E-state index < -0.39 is 0 Å². The Balaban J connectivity index is 1.80. The molecule has 1 unspecified atom stereocenters. The number of nitrogens with one attached hydrogen (secondary N) is 2. The molecule has 19 heavy (non-hydrogen) atoms. The summed E-state index contributed by atoms with van der Waals surface area (Å²) in [5, 5.41) is 3.36. The molecule has 2 aliphatic rings. The van der Waals surface area contributed by atoms with E-state index in [0.29, 0.717) is 29.3 Å². The summed E-state index contributed by atoms with van der Waals surface area (Å²) in [6.45, 7) is 6.47. The van der Waals surface area contributed by atoms with Gasteiger partial charge in [-0.05, 0) is 24.7 Å². The molecule has 104 valence electrons. The molecule has 1 aliphatic heterocycles. The first kappa shape index (κ1) is 12.4. The molecular weight excluding hydrogens is 242 g/mol. The Kier molecular flexibility index (Phi) is 2.93. The van der Waals surface area contributed by atoms with E-state index >= 15 is 0 Å². The maximum Gasteiger partial charge on any atom is 0.243 e. The lowest BCUT2D eigenvalue weighted by Gasteiger charge is -2.17. The highest BCUT2D eigenvalue weighted by molar-refractivity contribution is 5.45.